The van der Waals surface area contributed by atoms with E-state index in [4.69, 9.17) is 55.9 Å². The molecule has 0 saturated heterocycles. The molecular formula is C26H18Cl2N2O2S. The molecule has 0 amide bonds. The Balaban J connectivity index is 0.000000186. The molecule has 4 aromatic rings. The quantitative estimate of drug-likeness (QED) is 0.288. The summed E-state index contributed by atoms with van der Waals surface area (Å²) in [4.78, 5) is 0.378. The third-order valence-corrected chi connectivity index (χ3v) is 4.96. The Kier molecular flexibility index (Phi) is 8.68. The molecule has 4 nitrogen and oxygen atoms in total. The first-order chi connectivity index (χ1) is 15.9. The van der Waals surface area contributed by atoms with E-state index in [-0.39, 0.29) is 0 Å². The average Bonchev–Trinajstić information content (AvgIpc) is 2.83. The van der Waals surface area contributed by atoms with Crippen molar-refractivity contribution in [2.24, 2.45) is 5.73 Å². The van der Waals surface area contributed by atoms with Gasteiger partial charge in [-0.1, -0.05) is 35.4 Å². The lowest BCUT2D eigenvalue weighted by Gasteiger charge is -2.06. The van der Waals surface area contributed by atoms with Gasteiger partial charge in [0.05, 0.1) is 11.6 Å². The monoisotopic (exact) mass is 492 g/mol. The zero-order valence-electron chi connectivity index (χ0n) is 17.2. The minimum atomic E-state index is 0.378. The first-order valence-corrected chi connectivity index (χ1v) is 10.9. The molecule has 7 heteroatoms. The van der Waals surface area contributed by atoms with Crippen molar-refractivity contribution in [3.8, 4) is 29.1 Å². The van der Waals surface area contributed by atoms with E-state index in [1.165, 1.54) is 0 Å². The number of nitrogens with zero attached hydrogens (tertiary/aromatic N) is 1. The van der Waals surface area contributed by atoms with Crippen molar-refractivity contribution in [1.82, 2.24) is 0 Å². The minimum absolute atomic E-state index is 0.378. The molecule has 2 N–H and O–H groups in total. The van der Waals surface area contributed by atoms with Gasteiger partial charge in [0, 0.05) is 15.6 Å². The smallest absolute Gasteiger partial charge is 0.127 e. The van der Waals surface area contributed by atoms with Crippen LogP contribution in [0.15, 0.2) is 97.1 Å². The molecule has 0 atom stereocenters. The Hall–Kier alpha value is -3.56. The van der Waals surface area contributed by atoms with E-state index in [0.29, 0.717) is 32.1 Å². The topological polar surface area (TPSA) is 68.3 Å². The van der Waals surface area contributed by atoms with Crippen molar-refractivity contribution in [1.29, 1.82) is 5.26 Å². The molecule has 0 fully saturated rings. The van der Waals surface area contributed by atoms with E-state index in [1.807, 2.05) is 36.4 Å². The second kappa shape index (κ2) is 11.9. The largest absolute Gasteiger partial charge is 0.457 e. The maximum absolute atomic E-state index is 8.64. The van der Waals surface area contributed by atoms with E-state index in [1.54, 1.807) is 60.7 Å². The molecule has 0 radical (unpaired) electrons. The van der Waals surface area contributed by atoms with E-state index < -0.39 is 0 Å². The summed E-state index contributed by atoms with van der Waals surface area (Å²) < 4.78 is 11.2. The number of thiocarbonyl (C=S) groups is 1. The molecule has 0 aromatic heterocycles. The van der Waals surface area contributed by atoms with Crippen molar-refractivity contribution < 1.29 is 9.47 Å². The van der Waals surface area contributed by atoms with E-state index in [2.05, 4.69) is 6.07 Å². The van der Waals surface area contributed by atoms with Crippen LogP contribution in [0.1, 0.15) is 11.1 Å². The standard InChI is InChI=1S/C13H10ClNOS.C13H8ClNO/c14-10-3-7-12(8-4-10)16-11-5-1-9(2-6-11)13(15)17;14-11-3-7-13(8-4-11)16-12-5-1-10(9-15)2-6-12/h1-8H,(H2,15,17);1-8H. The Morgan fingerprint density at radius 2 is 0.970 bits per heavy atom. The molecule has 33 heavy (non-hydrogen) atoms. The molecule has 4 aromatic carbocycles. The summed E-state index contributed by atoms with van der Waals surface area (Å²) in [5.41, 5.74) is 6.95. The number of halogens is 2. The number of nitrogens with two attached hydrogens (primary N) is 1. The lowest BCUT2D eigenvalue weighted by atomic mass is 10.2. The maximum Gasteiger partial charge on any atom is 0.127 e. The molecule has 0 aliphatic heterocycles. The van der Waals surface area contributed by atoms with Gasteiger partial charge in [-0.2, -0.15) is 5.26 Å². The lowest BCUT2D eigenvalue weighted by molar-refractivity contribution is 0.482. The maximum atomic E-state index is 8.64. The first-order valence-electron chi connectivity index (χ1n) is 9.70. The Morgan fingerprint density at radius 3 is 1.30 bits per heavy atom. The molecule has 0 aliphatic rings. The number of ether oxygens (including phenoxy) is 2. The van der Waals surface area contributed by atoms with Crippen LogP contribution in [0.4, 0.5) is 0 Å². The number of rotatable bonds is 5. The van der Waals surface area contributed by atoms with Gasteiger partial charge in [0.2, 0.25) is 0 Å². The van der Waals surface area contributed by atoms with Crippen molar-refractivity contribution in [2.75, 3.05) is 0 Å². The number of benzene rings is 4. The van der Waals surface area contributed by atoms with Gasteiger partial charge in [0.1, 0.15) is 28.0 Å². The van der Waals surface area contributed by atoms with Crippen molar-refractivity contribution in [2.45, 2.75) is 0 Å². The van der Waals surface area contributed by atoms with Crippen LogP contribution >= 0.6 is 35.4 Å². The highest BCUT2D eigenvalue weighted by molar-refractivity contribution is 7.80. The molecule has 0 bridgehead atoms. The van der Waals surface area contributed by atoms with Crippen LogP contribution in [0.25, 0.3) is 0 Å². The second-order valence-electron chi connectivity index (χ2n) is 6.64. The summed E-state index contributed by atoms with van der Waals surface area (Å²) in [5.74, 6) is 2.88. The molecule has 0 saturated carbocycles. The lowest BCUT2D eigenvalue weighted by Crippen LogP contribution is -2.08. The summed E-state index contributed by atoms with van der Waals surface area (Å²) in [5, 5.41) is 10.00. The molecular weight excluding hydrogens is 475 g/mol. The molecule has 0 unspecified atom stereocenters. The molecule has 4 rings (SSSR count). The number of hydrogen-bond donors (Lipinski definition) is 1. The highest BCUT2D eigenvalue weighted by Crippen LogP contribution is 2.24. The van der Waals surface area contributed by atoms with Crippen molar-refractivity contribution in [3.05, 3.63) is 118 Å². The summed E-state index contributed by atoms with van der Waals surface area (Å²) in [6.45, 7) is 0. The second-order valence-corrected chi connectivity index (χ2v) is 7.95. The van der Waals surface area contributed by atoms with Gasteiger partial charge in [-0.25, -0.2) is 0 Å². The van der Waals surface area contributed by atoms with Crippen LogP contribution in [0.3, 0.4) is 0 Å². The Labute approximate surface area is 207 Å². The minimum Gasteiger partial charge on any atom is -0.457 e. The predicted molar refractivity (Wildman–Crippen MR) is 137 cm³/mol. The summed E-state index contributed by atoms with van der Waals surface area (Å²) in [7, 11) is 0. The van der Waals surface area contributed by atoms with E-state index in [9.17, 15) is 0 Å². The Morgan fingerprint density at radius 1 is 0.636 bits per heavy atom. The first kappa shape index (κ1) is 24.1. The summed E-state index contributed by atoms with van der Waals surface area (Å²) in [6, 6.07) is 30.6. The van der Waals surface area contributed by atoms with Crippen LogP contribution in [-0.2, 0) is 0 Å². The fraction of sp³-hybridized carbons (Fsp3) is 0. The van der Waals surface area contributed by atoms with Gasteiger partial charge in [-0.15, -0.1) is 0 Å². The highest BCUT2D eigenvalue weighted by atomic mass is 35.5. The van der Waals surface area contributed by atoms with Crippen LogP contribution in [-0.4, -0.2) is 4.99 Å². The molecule has 0 spiro atoms. The SMILES string of the molecule is N#Cc1ccc(Oc2ccc(Cl)cc2)cc1.NC(=S)c1ccc(Oc2ccc(Cl)cc2)cc1. The van der Waals surface area contributed by atoms with Gasteiger partial charge in [-0.05, 0) is 97.1 Å². The number of nitriles is 1. The summed E-state index contributed by atoms with van der Waals surface area (Å²) in [6.07, 6.45) is 0. The zero-order chi connectivity index (χ0) is 23.6. The van der Waals surface area contributed by atoms with Crippen LogP contribution in [0.2, 0.25) is 10.0 Å². The highest BCUT2D eigenvalue weighted by Gasteiger charge is 2.00. The van der Waals surface area contributed by atoms with Crippen molar-refractivity contribution >= 4 is 40.4 Å². The van der Waals surface area contributed by atoms with Crippen molar-refractivity contribution in [3.63, 3.8) is 0 Å². The van der Waals surface area contributed by atoms with Gasteiger partial charge < -0.3 is 15.2 Å². The van der Waals surface area contributed by atoms with Gasteiger partial charge in [-0.3, -0.25) is 0 Å². The van der Waals surface area contributed by atoms with Gasteiger partial charge >= 0.3 is 0 Å². The van der Waals surface area contributed by atoms with Crippen LogP contribution < -0.4 is 15.2 Å². The Bertz CT molecular complexity index is 1240. The van der Waals surface area contributed by atoms with Gasteiger partial charge in [0.15, 0.2) is 0 Å². The zero-order valence-corrected chi connectivity index (χ0v) is 19.6. The normalized spacial score (nSPS) is 9.73. The average molecular weight is 493 g/mol. The fourth-order valence-corrected chi connectivity index (χ4v) is 2.95. The number of hydrogen-bond acceptors (Lipinski definition) is 4. The molecule has 0 heterocycles. The third kappa shape index (κ3) is 7.81. The van der Waals surface area contributed by atoms with Gasteiger partial charge in [0.25, 0.3) is 0 Å². The van der Waals surface area contributed by atoms with Crippen LogP contribution in [0, 0.1) is 11.3 Å². The molecule has 0 aliphatic carbocycles. The van der Waals surface area contributed by atoms with Crippen LogP contribution in [0.5, 0.6) is 23.0 Å². The summed E-state index contributed by atoms with van der Waals surface area (Å²) >= 11 is 16.4. The third-order valence-electron chi connectivity index (χ3n) is 4.22. The fourth-order valence-electron chi connectivity index (χ4n) is 2.56. The predicted octanol–water partition coefficient (Wildman–Crippen LogP) is 7.77. The van der Waals surface area contributed by atoms with E-state index in [0.717, 1.165) is 17.1 Å². The molecule has 164 valence electrons. The van der Waals surface area contributed by atoms with E-state index >= 15 is 0 Å².